The number of aliphatic hydroxyl groups is 1. The third-order valence-electron chi connectivity index (χ3n) is 4.92. The number of carbonyl (C=O) groups is 2. The first-order chi connectivity index (χ1) is 22.1. The number of ether oxygens (including phenoxy) is 2. The molecule has 0 radical (unpaired) electrons. The molecule has 0 aliphatic heterocycles. The Morgan fingerprint density at radius 2 is 1.12 bits per heavy atom. The maximum absolute atomic E-state index is 11.8. The molecule has 0 saturated carbocycles. The molecule has 0 spiro atoms. The van der Waals surface area contributed by atoms with Gasteiger partial charge >= 0.3 is 12.2 Å². The van der Waals surface area contributed by atoms with Crippen molar-refractivity contribution in [2.75, 3.05) is 36.4 Å². The number of anilines is 2. The van der Waals surface area contributed by atoms with Crippen molar-refractivity contribution in [2.24, 2.45) is 0 Å². The molecule has 0 aliphatic rings. The van der Waals surface area contributed by atoms with Crippen LogP contribution in [0.1, 0.15) is 52.7 Å². The first kappa shape index (κ1) is 44.9. The van der Waals surface area contributed by atoms with Crippen molar-refractivity contribution in [1.82, 2.24) is 0 Å². The molecule has 2 rings (SSSR count). The quantitative estimate of drug-likeness (QED) is 0.123. The van der Waals surface area contributed by atoms with Crippen molar-refractivity contribution < 1.29 is 55.0 Å². The molecule has 2 aromatic carbocycles. The van der Waals surface area contributed by atoms with E-state index in [2.05, 4.69) is 25.5 Å². The molecule has 21 heteroatoms. The molecule has 0 bridgehead atoms. The Hall–Kier alpha value is -4.11. The van der Waals surface area contributed by atoms with Crippen LogP contribution in [0.2, 0.25) is 0 Å². The zero-order valence-corrected chi connectivity index (χ0v) is 30.5. The van der Waals surface area contributed by atoms with E-state index in [9.17, 15) is 46.7 Å². The number of nitrogens with one attached hydrogen (secondary N) is 2. The zero-order valence-electron chi connectivity index (χ0n) is 28.1. The molecule has 0 aromatic heterocycles. The third kappa shape index (κ3) is 23.0. The molecule has 276 valence electrons. The van der Waals surface area contributed by atoms with Crippen LogP contribution >= 0.6 is 10.7 Å². The standard InChI is InChI=1S/C14H20N2O7S.C13H18N2O5.CH3ClO2S/c1-14(2,3)23-13(17)15-12-6-5-11(16(18)19)9-10(12)7-8-22-24(4,20)21;1-13(2,3)20-12(17)14-11-5-4-10(15(18)19)8-9(11)6-7-16;1-5(2,3)4/h5-6,9H,7-8H2,1-4H3,(H,15,17);4-5,8,16H,6-7H2,1-3H3,(H,14,17);1H3. The highest BCUT2D eigenvalue weighted by Gasteiger charge is 2.20. The Morgan fingerprint density at radius 1 is 0.776 bits per heavy atom. The van der Waals surface area contributed by atoms with E-state index >= 15 is 0 Å². The summed E-state index contributed by atoms with van der Waals surface area (Å²) in [6, 6.07) is 7.87. The summed E-state index contributed by atoms with van der Waals surface area (Å²) < 4.78 is 55.6. The van der Waals surface area contributed by atoms with E-state index in [0.29, 0.717) is 16.8 Å². The Kier molecular flexibility index (Phi) is 17.6. The van der Waals surface area contributed by atoms with Crippen molar-refractivity contribution in [1.29, 1.82) is 0 Å². The number of halogens is 1. The van der Waals surface area contributed by atoms with Crippen molar-refractivity contribution in [3.63, 3.8) is 0 Å². The maximum Gasteiger partial charge on any atom is 0.412 e. The normalized spacial score (nSPS) is 11.5. The van der Waals surface area contributed by atoms with Crippen LogP contribution in [-0.4, -0.2) is 80.9 Å². The molecule has 0 saturated heterocycles. The summed E-state index contributed by atoms with van der Waals surface area (Å²) >= 11 is 0. The molecule has 18 nitrogen and oxygen atoms in total. The topological polar surface area (TPSA) is 261 Å². The highest BCUT2D eigenvalue weighted by molar-refractivity contribution is 8.13. The van der Waals surface area contributed by atoms with Crippen LogP contribution in [0.5, 0.6) is 0 Å². The number of nitrogens with zero attached hydrogens (tertiary/aromatic N) is 2. The maximum atomic E-state index is 11.8. The second-order valence-electron chi connectivity index (χ2n) is 11.9. The van der Waals surface area contributed by atoms with Gasteiger partial charge in [-0.3, -0.25) is 35.0 Å². The Labute approximate surface area is 288 Å². The monoisotopic (exact) mass is 756 g/mol. The molecule has 0 atom stereocenters. The summed E-state index contributed by atoms with van der Waals surface area (Å²) in [7, 11) is -2.32. The SMILES string of the molecule is CC(C)(C)OC(=O)Nc1ccc([N+](=O)[O-])cc1CCO.CC(C)(C)OC(=O)Nc1ccc([N+](=O)[O-])cc1CCOS(C)(=O)=O.CS(=O)(=O)Cl. The van der Waals surface area contributed by atoms with Gasteiger partial charge < -0.3 is 14.6 Å². The number of hydrogen-bond acceptors (Lipinski definition) is 14. The summed E-state index contributed by atoms with van der Waals surface area (Å²) in [6.45, 7) is 9.91. The number of non-ortho nitro benzene ring substituents is 2. The zero-order chi connectivity index (χ0) is 38.4. The van der Waals surface area contributed by atoms with Gasteiger partial charge in [-0.2, -0.15) is 8.42 Å². The average Bonchev–Trinajstić information content (AvgIpc) is 2.87. The van der Waals surface area contributed by atoms with Gasteiger partial charge in [0.15, 0.2) is 0 Å². The average molecular weight is 757 g/mol. The molecular formula is C28H41ClN4O14S2. The molecular weight excluding hydrogens is 716 g/mol. The number of amides is 2. The minimum atomic E-state index is -3.63. The van der Waals surface area contributed by atoms with Crippen LogP contribution in [-0.2, 0) is 45.7 Å². The number of rotatable bonds is 10. The van der Waals surface area contributed by atoms with Crippen LogP contribution in [0.15, 0.2) is 36.4 Å². The van der Waals surface area contributed by atoms with E-state index in [1.165, 1.54) is 36.4 Å². The number of benzene rings is 2. The van der Waals surface area contributed by atoms with E-state index in [1.807, 2.05) is 0 Å². The van der Waals surface area contributed by atoms with E-state index in [0.717, 1.165) is 12.5 Å². The van der Waals surface area contributed by atoms with E-state index in [-0.39, 0.29) is 43.1 Å². The van der Waals surface area contributed by atoms with E-state index in [1.54, 1.807) is 41.5 Å². The van der Waals surface area contributed by atoms with Gasteiger partial charge in [-0.15, -0.1) is 0 Å². The molecule has 3 N–H and O–H groups in total. The van der Waals surface area contributed by atoms with Gasteiger partial charge in [0, 0.05) is 52.9 Å². The van der Waals surface area contributed by atoms with Crippen LogP contribution < -0.4 is 10.6 Å². The summed E-state index contributed by atoms with van der Waals surface area (Å²) in [4.78, 5) is 44.0. The lowest BCUT2D eigenvalue weighted by molar-refractivity contribution is -0.385. The predicted octanol–water partition coefficient (Wildman–Crippen LogP) is 5.12. The first-order valence-corrected chi connectivity index (χ1v) is 18.5. The fourth-order valence-corrected chi connectivity index (χ4v) is 3.68. The Balaban J connectivity index is 0.000000835. The Morgan fingerprint density at radius 3 is 1.41 bits per heavy atom. The van der Waals surface area contributed by atoms with Gasteiger partial charge in [-0.05, 0) is 77.6 Å². The number of nitro groups is 2. The highest BCUT2D eigenvalue weighted by atomic mass is 35.7. The highest BCUT2D eigenvalue weighted by Crippen LogP contribution is 2.25. The molecule has 2 amide bonds. The fraction of sp³-hybridized carbons (Fsp3) is 0.500. The summed E-state index contributed by atoms with van der Waals surface area (Å²) in [5.74, 6) is 0. The molecule has 2 aromatic rings. The van der Waals surface area contributed by atoms with Gasteiger partial charge in [0.1, 0.15) is 11.2 Å². The van der Waals surface area contributed by atoms with Crippen molar-refractivity contribution in [3.05, 3.63) is 67.8 Å². The van der Waals surface area contributed by atoms with E-state index in [4.69, 9.17) is 14.6 Å². The molecule has 0 unspecified atom stereocenters. The number of aliphatic hydroxyl groups excluding tert-OH is 1. The molecule has 49 heavy (non-hydrogen) atoms. The minimum absolute atomic E-state index is 0.0554. The lowest BCUT2D eigenvalue weighted by Gasteiger charge is -2.20. The first-order valence-electron chi connectivity index (χ1n) is 14.0. The smallest absolute Gasteiger partial charge is 0.412 e. The van der Waals surface area contributed by atoms with Gasteiger partial charge in [0.05, 0.1) is 29.0 Å². The van der Waals surface area contributed by atoms with Crippen LogP contribution in [0.25, 0.3) is 0 Å². The third-order valence-corrected chi connectivity index (χ3v) is 5.52. The van der Waals surface area contributed by atoms with Crippen molar-refractivity contribution in [3.8, 4) is 0 Å². The molecule has 0 heterocycles. The van der Waals surface area contributed by atoms with Crippen LogP contribution in [0, 0.1) is 20.2 Å². The summed E-state index contributed by atoms with van der Waals surface area (Å²) in [5, 5.41) is 35.6. The number of hydrogen-bond donors (Lipinski definition) is 3. The second kappa shape index (κ2) is 19.2. The predicted molar refractivity (Wildman–Crippen MR) is 182 cm³/mol. The molecule has 0 fully saturated rings. The lowest BCUT2D eigenvalue weighted by Crippen LogP contribution is -2.27. The van der Waals surface area contributed by atoms with Gasteiger partial charge in [-0.1, -0.05) is 0 Å². The summed E-state index contributed by atoms with van der Waals surface area (Å²) in [5.41, 5.74) is -0.105. The van der Waals surface area contributed by atoms with Gasteiger partial charge in [0.2, 0.25) is 9.05 Å². The van der Waals surface area contributed by atoms with Crippen molar-refractivity contribution >= 4 is 64.8 Å². The lowest BCUT2D eigenvalue weighted by atomic mass is 10.1. The second-order valence-corrected chi connectivity index (χ2v) is 16.6. The minimum Gasteiger partial charge on any atom is -0.444 e. The molecule has 0 aliphatic carbocycles. The van der Waals surface area contributed by atoms with Crippen LogP contribution in [0.3, 0.4) is 0 Å². The Bertz CT molecular complexity index is 1680. The number of nitro benzene ring substituents is 2. The summed E-state index contributed by atoms with van der Waals surface area (Å²) in [6.07, 6.45) is 0.717. The van der Waals surface area contributed by atoms with E-state index < -0.39 is 52.4 Å². The van der Waals surface area contributed by atoms with Gasteiger partial charge in [-0.25, -0.2) is 18.0 Å². The number of carbonyl (C=O) groups excluding carboxylic acids is 2. The van der Waals surface area contributed by atoms with Crippen molar-refractivity contribution in [2.45, 2.75) is 65.6 Å². The largest absolute Gasteiger partial charge is 0.444 e. The van der Waals surface area contributed by atoms with Crippen LogP contribution in [0.4, 0.5) is 32.3 Å². The fourth-order valence-electron chi connectivity index (χ4n) is 3.30. The van der Waals surface area contributed by atoms with Gasteiger partial charge in [0.25, 0.3) is 21.5 Å².